The molecule has 0 fully saturated rings. The van der Waals surface area contributed by atoms with Crippen LogP contribution in [0.2, 0.25) is 0 Å². The number of aromatic nitrogens is 3. The number of amides is 1. The predicted molar refractivity (Wildman–Crippen MR) is 117 cm³/mol. The fourth-order valence-corrected chi connectivity index (χ4v) is 3.41. The Morgan fingerprint density at radius 3 is 2.65 bits per heavy atom. The number of nitrogens with zero attached hydrogens (tertiary/aromatic N) is 3. The molecule has 0 aliphatic rings. The second kappa shape index (κ2) is 9.00. The minimum atomic E-state index is -4.34. The second-order valence-corrected chi connectivity index (χ2v) is 7.52. The lowest BCUT2D eigenvalue weighted by molar-refractivity contribution is -0.131. The van der Waals surface area contributed by atoms with Crippen LogP contribution in [0.1, 0.15) is 22.3 Å². The molecule has 0 aliphatic heterocycles. The van der Waals surface area contributed by atoms with Crippen molar-refractivity contribution in [1.29, 1.82) is 0 Å². The smallest absolute Gasteiger partial charge is 0.390 e. The number of anilines is 1. The van der Waals surface area contributed by atoms with Gasteiger partial charge in [0.2, 0.25) is 11.8 Å². The fourth-order valence-electron chi connectivity index (χ4n) is 3.41. The molecule has 4 rings (SSSR count). The number of imidazole rings is 1. The topological polar surface area (TPSA) is 94.5 Å². The molecule has 0 radical (unpaired) electrons. The van der Waals surface area contributed by atoms with Gasteiger partial charge in [0, 0.05) is 29.8 Å². The van der Waals surface area contributed by atoms with E-state index in [1.807, 2.05) is 0 Å². The van der Waals surface area contributed by atoms with Gasteiger partial charge in [0.25, 0.3) is 0 Å². The van der Waals surface area contributed by atoms with Crippen molar-refractivity contribution in [1.82, 2.24) is 14.6 Å². The van der Waals surface area contributed by atoms with Crippen molar-refractivity contribution < 1.29 is 27.1 Å². The molecule has 7 nitrogen and oxygen atoms in total. The number of carbonyl (C=O) groups is 1. The molecule has 2 aromatic heterocycles. The zero-order chi connectivity index (χ0) is 24.5. The summed E-state index contributed by atoms with van der Waals surface area (Å²) in [7, 11) is 0. The standard InChI is InChI=1S/C23H19F4N5O2/c1-13-9-14(5-6-17(13)21(28)33)19-12-30-22-18(29-8-7-23(25,26)27)11-20(31-32(19)22)34-16-4-2-3-15(24)10-16/h2-6,9-12,29H,7-8H2,1H3,(H2,28,33). The molecule has 1 amide bonds. The number of nitrogens with two attached hydrogens (primary N) is 1. The van der Waals surface area contributed by atoms with E-state index in [1.54, 1.807) is 25.1 Å². The number of aryl methyl sites for hydroxylation is 1. The van der Waals surface area contributed by atoms with Crippen molar-refractivity contribution in [2.24, 2.45) is 5.73 Å². The summed E-state index contributed by atoms with van der Waals surface area (Å²) in [5.41, 5.74) is 8.03. The summed E-state index contributed by atoms with van der Waals surface area (Å²) in [5, 5.41) is 7.12. The van der Waals surface area contributed by atoms with Crippen molar-refractivity contribution in [2.45, 2.75) is 19.5 Å². The number of rotatable bonds is 7. The first-order valence-electron chi connectivity index (χ1n) is 10.1. The predicted octanol–water partition coefficient (Wildman–Crippen LogP) is 5.10. The van der Waals surface area contributed by atoms with E-state index in [9.17, 15) is 22.4 Å². The molecule has 11 heteroatoms. The van der Waals surface area contributed by atoms with Crippen molar-refractivity contribution in [3.8, 4) is 22.9 Å². The van der Waals surface area contributed by atoms with Gasteiger partial charge in [0.15, 0.2) is 5.65 Å². The molecule has 176 valence electrons. The van der Waals surface area contributed by atoms with E-state index in [0.717, 1.165) is 6.07 Å². The second-order valence-electron chi connectivity index (χ2n) is 7.52. The van der Waals surface area contributed by atoms with Gasteiger partial charge in [0.1, 0.15) is 11.6 Å². The van der Waals surface area contributed by atoms with Crippen molar-refractivity contribution >= 4 is 17.2 Å². The van der Waals surface area contributed by atoms with Crippen LogP contribution in [0.4, 0.5) is 23.2 Å². The van der Waals surface area contributed by atoms with Gasteiger partial charge in [-0.05, 0) is 36.8 Å². The lowest BCUT2D eigenvalue weighted by atomic mass is 10.0. The quantitative estimate of drug-likeness (QED) is 0.364. The minimum absolute atomic E-state index is 0.0114. The van der Waals surface area contributed by atoms with Gasteiger partial charge in [-0.2, -0.15) is 13.2 Å². The number of hydrogen-bond donors (Lipinski definition) is 2. The molecule has 0 saturated heterocycles. The number of hydrogen-bond acceptors (Lipinski definition) is 5. The molecule has 0 spiro atoms. The molecule has 0 aliphatic carbocycles. The van der Waals surface area contributed by atoms with Crippen molar-refractivity contribution in [2.75, 3.05) is 11.9 Å². The Morgan fingerprint density at radius 2 is 1.97 bits per heavy atom. The molecule has 0 saturated carbocycles. The maximum atomic E-state index is 13.6. The molecule has 34 heavy (non-hydrogen) atoms. The highest BCUT2D eigenvalue weighted by molar-refractivity contribution is 5.94. The van der Waals surface area contributed by atoms with Crippen LogP contribution < -0.4 is 15.8 Å². The van der Waals surface area contributed by atoms with Crippen LogP contribution in [0, 0.1) is 12.7 Å². The normalized spacial score (nSPS) is 11.6. The number of carbonyl (C=O) groups excluding carboxylic acids is 1. The van der Waals surface area contributed by atoms with E-state index in [4.69, 9.17) is 10.5 Å². The Kier molecular flexibility index (Phi) is 6.10. The summed E-state index contributed by atoms with van der Waals surface area (Å²) >= 11 is 0. The average Bonchev–Trinajstić information content (AvgIpc) is 3.16. The van der Waals surface area contributed by atoms with Crippen LogP contribution in [0.3, 0.4) is 0 Å². The summed E-state index contributed by atoms with van der Waals surface area (Å²) in [5.74, 6) is -0.911. The molecular formula is C23H19F4N5O2. The first kappa shape index (κ1) is 23.0. The zero-order valence-corrected chi connectivity index (χ0v) is 17.9. The van der Waals surface area contributed by atoms with Crippen LogP contribution in [-0.4, -0.2) is 33.2 Å². The lowest BCUT2D eigenvalue weighted by Crippen LogP contribution is -2.15. The van der Waals surface area contributed by atoms with Crippen molar-refractivity contribution in [3.63, 3.8) is 0 Å². The molecule has 0 atom stereocenters. The largest absolute Gasteiger partial charge is 0.437 e. The molecule has 3 N–H and O–H groups in total. The van der Waals surface area contributed by atoms with Gasteiger partial charge >= 0.3 is 6.18 Å². The Labute approximate surface area is 191 Å². The van der Waals surface area contributed by atoms with Crippen LogP contribution in [-0.2, 0) is 0 Å². The Morgan fingerprint density at radius 1 is 1.18 bits per heavy atom. The third-order valence-electron chi connectivity index (χ3n) is 4.98. The van der Waals surface area contributed by atoms with E-state index >= 15 is 0 Å². The summed E-state index contributed by atoms with van der Waals surface area (Å²) in [4.78, 5) is 15.9. The lowest BCUT2D eigenvalue weighted by Gasteiger charge is -2.13. The Hall–Kier alpha value is -4.15. The zero-order valence-electron chi connectivity index (χ0n) is 17.9. The van der Waals surface area contributed by atoms with Gasteiger partial charge in [0.05, 0.1) is 24.0 Å². The SMILES string of the molecule is Cc1cc(-c2cnc3c(NCCC(F)(F)F)cc(Oc4cccc(F)c4)nn23)ccc1C(N)=O. The number of nitrogens with one attached hydrogen (secondary N) is 1. The van der Waals surface area contributed by atoms with E-state index < -0.39 is 30.9 Å². The van der Waals surface area contributed by atoms with Gasteiger partial charge in [-0.3, -0.25) is 4.79 Å². The van der Waals surface area contributed by atoms with Gasteiger partial charge in [-0.1, -0.05) is 12.1 Å². The van der Waals surface area contributed by atoms with Crippen molar-refractivity contribution in [3.05, 3.63) is 71.7 Å². The highest BCUT2D eigenvalue weighted by Gasteiger charge is 2.26. The first-order valence-corrected chi connectivity index (χ1v) is 10.1. The maximum absolute atomic E-state index is 13.6. The monoisotopic (exact) mass is 473 g/mol. The van der Waals surface area contributed by atoms with Crippen LogP contribution >= 0.6 is 0 Å². The summed E-state index contributed by atoms with van der Waals surface area (Å²) in [6, 6.07) is 11.7. The number of ether oxygens (including phenoxy) is 1. The van der Waals surface area contributed by atoms with Crippen LogP contribution in [0.5, 0.6) is 11.6 Å². The molecule has 2 aromatic carbocycles. The highest BCUT2D eigenvalue weighted by atomic mass is 19.4. The number of alkyl halides is 3. The van der Waals surface area contributed by atoms with Gasteiger partial charge in [-0.15, -0.1) is 5.10 Å². The van der Waals surface area contributed by atoms with Crippen LogP contribution in [0.25, 0.3) is 16.9 Å². The maximum Gasteiger partial charge on any atom is 0.390 e. The Bertz CT molecular complexity index is 1370. The highest BCUT2D eigenvalue weighted by Crippen LogP contribution is 2.30. The number of primary amides is 1. The van der Waals surface area contributed by atoms with E-state index in [1.165, 1.54) is 35.0 Å². The average molecular weight is 473 g/mol. The summed E-state index contributed by atoms with van der Waals surface area (Å²) in [6.45, 7) is 1.33. The third-order valence-corrected chi connectivity index (χ3v) is 4.98. The Balaban J connectivity index is 1.78. The fraction of sp³-hybridized carbons (Fsp3) is 0.174. The first-order chi connectivity index (χ1) is 16.1. The molecule has 0 bridgehead atoms. The minimum Gasteiger partial charge on any atom is -0.437 e. The van der Waals surface area contributed by atoms with Gasteiger partial charge in [-0.25, -0.2) is 13.9 Å². The van der Waals surface area contributed by atoms with E-state index in [0.29, 0.717) is 22.4 Å². The third kappa shape index (κ3) is 5.08. The van der Waals surface area contributed by atoms with Gasteiger partial charge < -0.3 is 15.8 Å². The molecular weight excluding hydrogens is 454 g/mol. The summed E-state index contributed by atoms with van der Waals surface area (Å²) < 4.78 is 58.6. The number of benzene rings is 2. The molecule has 4 aromatic rings. The van der Waals surface area contributed by atoms with E-state index in [2.05, 4.69) is 15.4 Å². The number of halogens is 4. The summed E-state index contributed by atoms with van der Waals surface area (Å²) in [6.07, 6.45) is -3.89. The number of fused-ring (bicyclic) bond motifs is 1. The van der Waals surface area contributed by atoms with Crippen LogP contribution in [0.15, 0.2) is 54.7 Å². The molecule has 2 heterocycles. The molecule has 0 unspecified atom stereocenters. The van der Waals surface area contributed by atoms with E-state index in [-0.39, 0.29) is 23.0 Å².